The maximum Gasteiger partial charge on any atom is 0.410 e. The molecule has 1 fully saturated rings. The molecule has 0 spiro atoms. The van der Waals surface area contributed by atoms with Gasteiger partial charge in [-0.1, -0.05) is 30.3 Å². The van der Waals surface area contributed by atoms with E-state index in [1.807, 2.05) is 30.3 Å². The molecule has 1 N–H and O–H groups in total. The summed E-state index contributed by atoms with van der Waals surface area (Å²) >= 11 is 0. The van der Waals surface area contributed by atoms with Gasteiger partial charge >= 0.3 is 6.09 Å². The molecule has 2 heterocycles. The van der Waals surface area contributed by atoms with E-state index in [0.717, 1.165) is 5.56 Å². The highest BCUT2D eigenvalue weighted by atomic mass is 16.6. The standard InChI is InChI=1S/C17H21N5O4/c1-18-15-14(19-26-20-15)16(23)21-8-5-9-22(11-10-21)17(24)25-12-13-6-3-2-4-7-13/h2-4,6-7H,5,8-12H2,1H3,(H,18,20). The number of ether oxygens (including phenoxy) is 1. The zero-order chi connectivity index (χ0) is 18.4. The Morgan fingerprint density at radius 1 is 1.12 bits per heavy atom. The van der Waals surface area contributed by atoms with Gasteiger partial charge in [0.25, 0.3) is 5.91 Å². The Morgan fingerprint density at radius 2 is 1.85 bits per heavy atom. The number of anilines is 1. The number of aromatic nitrogens is 2. The molecule has 1 aliphatic heterocycles. The smallest absolute Gasteiger partial charge is 0.410 e. The van der Waals surface area contributed by atoms with Gasteiger partial charge in [-0.05, 0) is 22.3 Å². The number of hydrogen-bond acceptors (Lipinski definition) is 7. The third-order valence-corrected chi connectivity index (χ3v) is 4.17. The van der Waals surface area contributed by atoms with Crippen molar-refractivity contribution in [3.05, 3.63) is 41.6 Å². The fourth-order valence-electron chi connectivity index (χ4n) is 2.76. The molecule has 0 radical (unpaired) electrons. The number of nitrogens with zero attached hydrogens (tertiary/aromatic N) is 4. The van der Waals surface area contributed by atoms with Crippen LogP contribution in [0.3, 0.4) is 0 Å². The van der Waals surface area contributed by atoms with Crippen molar-refractivity contribution in [2.24, 2.45) is 0 Å². The molecule has 3 rings (SSSR count). The van der Waals surface area contributed by atoms with Gasteiger partial charge in [0.1, 0.15) is 6.61 Å². The first-order valence-electron chi connectivity index (χ1n) is 8.44. The van der Waals surface area contributed by atoms with Gasteiger partial charge in [0.05, 0.1) is 0 Å². The first kappa shape index (κ1) is 17.7. The Bertz CT molecular complexity index is 749. The Hall–Kier alpha value is -3.10. The zero-order valence-electron chi connectivity index (χ0n) is 14.6. The number of carbonyl (C=O) groups excluding carboxylic acids is 2. The number of hydrogen-bond donors (Lipinski definition) is 1. The lowest BCUT2D eigenvalue weighted by Crippen LogP contribution is -2.37. The molecule has 1 aromatic heterocycles. The molecule has 0 aliphatic carbocycles. The maximum absolute atomic E-state index is 12.6. The van der Waals surface area contributed by atoms with Crippen LogP contribution in [0.1, 0.15) is 22.5 Å². The van der Waals surface area contributed by atoms with Crippen LogP contribution in [-0.2, 0) is 11.3 Å². The van der Waals surface area contributed by atoms with Gasteiger partial charge in [-0.2, -0.15) is 0 Å². The van der Waals surface area contributed by atoms with E-state index in [-0.39, 0.29) is 24.3 Å². The Labute approximate surface area is 150 Å². The fraction of sp³-hybridized carbons (Fsp3) is 0.412. The van der Waals surface area contributed by atoms with Gasteiger partial charge in [0.15, 0.2) is 0 Å². The summed E-state index contributed by atoms with van der Waals surface area (Å²) in [6, 6.07) is 9.52. The molecular formula is C17H21N5O4. The minimum atomic E-state index is -0.373. The van der Waals surface area contributed by atoms with E-state index in [4.69, 9.17) is 4.74 Å². The zero-order valence-corrected chi connectivity index (χ0v) is 14.6. The van der Waals surface area contributed by atoms with Crippen LogP contribution in [-0.4, -0.2) is 65.3 Å². The highest BCUT2D eigenvalue weighted by molar-refractivity contribution is 5.96. The molecular weight excluding hydrogens is 338 g/mol. The lowest BCUT2D eigenvalue weighted by atomic mass is 10.2. The van der Waals surface area contributed by atoms with Crippen molar-refractivity contribution in [3.63, 3.8) is 0 Å². The molecule has 1 saturated heterocycles. The number of amides is 2. The topological polar surface area (TPSA) is 101 Å². The molecule has 2 aromatic rings. The van der Waals surface area contributed by atoms with Crippen molar-refractivity contribution >= 4 is 17.8 Å². The van der Waals surface area contributed by atoms with Crippen molar-refractivity contribution in [1.82, 2.24) is 20.1 Å². The van der Waals surface area contributed by atoms with Crippen LogP contribution >= 0.6 is 0 Å². The van der Waals surface area contributed by atoms with Crippen LogP contribution in [0.5, 0.6) is 0 Å². The summed E-state index contributed by atoms with van der Waals surface area (Å²) < 4.78 is 9.98. The lowest BCUT2D eigenvalue weighted by molar-refractivity contribution is 0.0739. The van der Waals surface area contributed by atoms with E-state index >= 15 is 0 Å². The van der Waals surface area contributed by atoms with Gasteiger partial charge in [0.2, 0.25) is 11.5 Å². The molecule has 0 unspecified atom stereocenters. The minimum Gasteiger partial charge on any atom is -0.445 e. The summed E-state index contributed by atoms with van der Waals surface area (Å²) in [5.74, 6) is 0.0356. The molecule has 9 heteroatoms. The van der Waals surface area contributed by atoms with Crippen LogP contribution in [0.2, 0.25) is 0 Å². The van der Waals surface area contributed by atoms with Crippen molar-refractivity contribution in [1.29, 1.82) is 0 Å². The largest absolute Gasteiger partial charge is 0.445 e. The predicted molar refractivity (Wildman–Crippen MR) is 92.6 cm³/mol. The number of benzene rings is 1. The number of nitrogens with one attached hydrogen (secondary N) is 1. The van der Waals surface area contributed by atoms with Crippen molar-refractivity contribution in [2.45, 2.75) is 13.0 Å². The Morgan fingerprint density at radius 3 is 2.62 bits per heavy atom. The first-order chi connectivity index (χ1) is 12.7. The molecule has 9 nitrogen and oxygen atoms in total. The maximum atomic E-state index is 12.6. The number of carbonyl (C=O) groups is 2. The van der Waals surface area contributed by atoms with E-state index in [9.17, 15) is 9.59 Å². The summed E-state index contributed by atoms with van der Waals surface area (Å²) in [4.78, 5) is 28.1. The molecule has 0 bridgehead atoms. The van der Waals surface area contributed by atoms with Crippen LogP contribution in [0.25, 0.3) is 0 Å². The second kappa shape index (κ2) is 8.32. The average Bonchev–Trinajstić information content (AvgIpc) is 3.02. The van der Waals surface area contributed by atoms with Crippen LogP contribution in [0.4, 0.5) is 10.6 Å². The van der Waals surface area contributed by atoms with E-state index < -0.39 is 0 Å². The predicted octanol–water partition coefficient (Wildman–Crippen LogP) is 1.60. The van der Waals surface area contributed by atoms with E-state index in [2.05, 4.69) is 20.3 Å². The van der Waals surface area contributed by atoms with Crippen molar-refractivity contribution in [2.75, 3.05) is 38.5 Å². The summed E-state index contributed by atoms with van der Waals surface area (Å²) in [5.41, 5.74) is 1.08. The van der Waals surface area contributed by atoms with Crippen LogP contribution in [0.15, 0.2) is 35.0 Å². The monoisotopic (exact) mass is 359 g/mol. The van der Waals surface area contributed by atoms with E-state index in [0.29, 0.717) is 38.4 Å². The number of rotatable bonds is 4. The molecule has 0 atom stereocenters. The summed E-state index contributed by atoms with van der Waals surface area (Å²) in [5, 5.41) is 10.1. The average molecular weight is 359 g/mol. The third kappa shape index (κ3) is 4.11. The molecule has 1 aromatic carbocycles. The minimum absolute atomic E-state index is 0.146. The van der Waals surface area contributed by atoms with Gasteiger partial charge in [0, 0.05) is 33.2 Å². The molecule has 0 saturated carbocycles. The fourth-order valence-corrected chi connectivity index (χ4v) is 2.76. The first-order valence-corrected chi connectivity index (χ1v) is 8.44. The summed E-state index contributed by atoms with van der Waals surface area (Å²) in [7, 11) is 1.64. The Balaban J connectivity index is 1.54. The van der Waals surface area contributed by atoms with Crippen LogP contribution < -0.4 is 5.32 Å². The second-order valence-electron chi connectivity index (χ2n) is 5.88. The molecule has 2 amide bonds. The molecule has 138 valence electrons. The van der Waals surface area contributed by atoms with Gasteiger partial charge < -0.3 is 19.9 Å². The Kier molecular flexibility index (Phi) is 5.67. The third-order valence-electron chi connectivity index (χ3n) is 4.17. The van der Waals surface area contributed by atoms with Crippen molar-refractivity contribution in [3.8, 4) is 0 Å². The quantitative estimate of drug-likeness (QED) is 0.885. The second-order valence-corrected chi connectivity index (χ2v) is 5.88. The van der Waals surface area contributed by atoms with Gasteiger partial charge in [-0.3, -0.25) is 4.79 Å². The lowest BCUT2D eigenvalue weighted by Gasteiger charge is -2.21. The normalized spacial score (nSPS) is 14.7. The van der Waals surface area contributed by atoms with Gasteiger partial charge in [-0.25, -0.2) is 9.42 Å². The van der Waals surface area contributed by atoms with E-state index in [1.54, 1.807) is 16.8 Å². The van der Waals surface area contributed by atoms with Gasteiger partial charge in [-0.15, -0.1) is 0 Å². The molecule has 26 heavy (non-hydrogen) atoms. The van der Waals surface area contributed by atoms with E-state index in [1.165, 1.54) is 0 Å². The summed E-state index contributed by atoms with van der Waals surface area (Å²) in [6.07, 6.45) is 0.286. The van der Waals surface area contributed by atoms with Crippen LogP contribution in [0, 0.1) is 0 Å². The highest BCUT2D eigenvalue weighted by Crippen LogP contribution is 2.14. The SMILES string of the molecule is CNc1nonc1C(=O)N1CCCN(C(=O)OCc2ccccc2)CC1. The highest BCUT2D eigenvalue weighted by Gasteiger charge is 2.27. The summed E-state index contributed by atoms with van der Waals surface area (Å²) in [6.45, 7) is 2.09. The van der Waals surface area contributed by atoms with Crippen molar-refractivity contribution < 1.29 is 19.0 Å². The molecule has 1 aliphatic rings.